The lowest BCUT2D eigenvalue weighted by Gasteiger charge is -2.26. The average Bonchev–Trinajstić information content (AvgIpc) is 3.17. The first-order valence-electron chi connectivity index (χ1n) is 12.0. The first-order valence-corrected chi connectivity index (χ1v) is 12.0. The van der Waals surface area contributed by atoms with Gasteiger partial charge in [0.05, 0.1) is 32.4 Å². The molecule has 3 aromatic rings. The molecule has 37 heavy (non-hydrogen) atoms. The van der Waals surface area contributed by atoms with Crippen LogP contribution in [-0.2, 0) is 16.1 Å². The van der Waals surface area contributed by atoms with Gasteiger partial charge in [0, 0.05) is 24.5 Å². The van der Waals surface area contributed by atoms with E-state index < -0.39 is 17.7 Å². The minimum atomic E-state index is -0.851. The van der Waals surface area contributed by atoms with Crippen LogP contribution in [0.2, 0.25) is 0 Å². The normalized spacial score (nSPS) is 16.6. The van der Waals surface area contributed by atoms with E-state index in [1.807, 2.05) is 19.9 Å². The molecule has 0 unspecified atom stereocenters. The Morgan fingerprint density at radius 2 is 1.78 bits per heavy atom. The maximum absolute atomic E-state index is 13.4. The van der Waals surface area contributed by atoms with Crippen molar-refractivity contribution in [3.8, 4) is 17.2 Å². The third-order valence-electron chi connectivity index (χ3n) is 6.25. The molecule has 1 aliphatic heterocycles. The predicted octanol–water partition coefficient (Wildman–Crippen LogP) is 4.82. The van der Waals surface area contributed by atoms with Crippen molar-refractivity contribution in [2.75, 3.05) is 20.8 Å². The molecule has 1 aliphatic rings. The van der Waals surface area contributed by atoms with Crippen molar-refractivity contribution >= 4 is 17.4 Å². The largest absolute Gasteiger partial charge is 0.507 e. The highest BCUT2D eigenvalue weighted by molar-refractivity contribution is 6.46. The summed E-state index contributed by atoms with van der Waals surface area (Å²) in [6.07, 6.45) is 4.15. The highest BCUT2D eigenvalue weighted by atomic mass is 16.5. The summed E-state index contributed by atoms with van der Waals surface area (Å²) in [6, 6.07) is 13.1. The molecule has 1 atom stereocenters. The van der Waals surface area contributed by atoms with Crippen LogP contribution in [0.15, 0.2) is 66.5 Å². The third kappa shape index (κ3) is 5.14. The van der Waals surface area contributed by atoms with Crippen LogP contribution in [0.3, 0.4) is 0 Å². The van der Waals surface area contributed by atoms with Crippen molar-refractivity contribution in [2.45, 2.75) is 32.9 Å². The number of aryl methyl sites for hydroxylation is 1. The molecular formula is C29H30N2O6. The number of pyridine rings is 1. The third-order valence-corrected chi connectivity index (χ3v) is 6.25. The average molecular weight is 503 g/mol. The molecule has 192 valence electrons. The molecular weight excluding hydrogens is 472 g/mol. The summed E-state index contributed by atoms with van der Waals surface area (Å²) < 4.78 is 16.6. The van der Waals surface area contributed by atoms with E-state index in [0.717, 1.165) is 17.5 Å². The van der Waals surface area contributed by atoms with Crippen LogP contribution >= 0.6 is 0 Å². The van der Waals surface area contributed by atoms with E-state index in [2.05, 4.69) is 4.98 Å². The molecule has 1 amide bonds. The van der Waals surface area contributed by atoms with Gasteiger partial charge in [0.2, 0.25) is 0 Å². The van der Waals surface area contributed by atoms with Crippen molar-refractivity contribution in [1.82, 2.24) is 9.88 Å². The van der Waals surface area contributed by atoms with Gasteiger partial charge < -0.3 is 24.2 Å². The quantitative estimate of drug-likeness (QED) is 0.255. The fourth-order valence-electron chi connectivity index (χ4n) is 4.43. The monoisotopic (exact) mass is 502 g/mol. The topological polar surface area (TPSA) is 98.2 Å². The number of amides is 1. The van der Waals surface area contributed by atoms with Gasteiger partial charge in [0.1, 0.15) is 11.5 Å². The second-order valence-electron chi connectivity index (χ2n) is 8.73. The number of aromatic nitrogens is 1. The van der Waals surface area contributed by atoms with Crippen LogP contribution in [-0.4, -0.2) is 47.5 Å². The Morgan fingerprint density at radius 3 is 2.43 bits per heavy atom. The molecule has 4 rings (SSSR count). The zero-order valence-electron chi connectivity index (χ0n) is 21.4. The number of aliphatic hydroxyl groups excluding tert-OH is 1. The lowest BCUT2D eigenvalue weighted by atomic mass is 9.94. The molecule has 0 bridgehead atoms. The first-order chi connectivity index (χ1) is 17.9. The molecule has 1 fully saturated rings. The van der Waals surface area contributed by atoms with E-state index in [1.54, 1.807) is 54.9 Å². The number of likely N-dealkylation sites (tertiary alicyclic amines) is 1. The maximum atomic E-state index is 13.4. The number of benzene rings is 2. The number of carbonyl (C=O) groups is 2. The van der Waals surface area contributed by atoms with Crippen LogP contribution in [0, 0.1) is 6.92 Å². The van der Waals surface area contributed by atoms with Crippen LogP contribution in [0.1, 0.15) is 41.6 Å². The van der Waals surface area contributed by atoms with E-state index in [0.29, 0.717) is 35.0 Å². The minimum absolute atomic E-state index is 0.00253. The molecule has 2 aromatic carbocycles. The molecule has 8 nitrogen and oxygen atoms in total. The Morgan fingerprint density at radius 1 is 1.03 bits per heavy atom. The van der Waals surface area contributed by atoms with Gasteiger partial charge in [0.15, 0.2) is 11.5 Å². The highest BCUT2D eigenvalue weighted by Gasteiger charge is 2.46. The lowest BCUT2D eigenvalue weighted by molar-refractivity contribution is -0.140. The molecule has 1 N–H and O–H groups in total. The summed E-state index contributed by atoms with van der Waals surface area (Å²) in [6.45, 7) is 4.60. The summed E-state index contributed by atoms with van der Waals surface area (Å²) in [5, 5.41) is 11.4. The number of hydrogen-bond acceptors (Lipinski definition) is 7. The van der Waals surface area contributed by atoms with Gasteiger partial charge in [-0.15, -0.1) is 0 Å². The Labute approximate surface area is 216 Å². The smallest absolute Gasteiger partial charge is 0.295 e. The van der Waals surface area contributed by atoms with Crippen LogP contribution in [0.25, 0.3) is 5.76 Å². The Balaban J connectivity index is 1.85. The van der Waals surface area contributed by atoms with Gasteiger partial charge in [-0.2, -0.15) is 0 Å². The van der Waals surface area contributed by atoms with Crippen LogP contribution < -0.4 is 14.2 Å². The van der Waals surface area contributed by atoms with Crippen molar-refractivity contribution in [3.63, 3.8) is 0 Å². The number of rotatable bonds is 9. The zero-order chi connectivity index (χ0) is 26.5. The predicted molar refractivity (Wildman–Crippen MR) is 139 cm³/mol. The van der Waals surface area contributed by atoms with E-state index >= 15 is 0 Å². The zero-order valence-corrected chi connectivity index (χ0v) is 21.4. The minimum Gasteiger partial charge on any atom is -0.507 e. The molecule has 0 radical (unpaired) electrons. The van der Waals surface area contributed by atoms with Gasteiger partial charge in [0.25, 0.3) is 11.7 Å². The summed E-state index contributed by atoms with van der Waals surface area (Å²) in [4.78, 5) is 32.2. The number of nitrogens with zero attached hydrogens (tertiary/aromatic N) is 2. The van der Waals surface area contributed by atoms with Crippen molar-refractivity contribution < 1.29 is 28.9 Å². The van der Waals surface area contributed by atoms with Crippen molar-refractivity contribution in [3.05, 3.63) is 88.8 Å². The van der Waals surface area contributed by atoms with Crippen LogP contribution in [0.5, 0.6) is 17.2 Å². The number of ether oxygens (including phenoxy) is 3. The Kier molecular flexibility index (Phi) is 7.77. The number of aliphatic hydroxyl groups is 1. The molecule has 0 spiro atoms. The van der Waals surface area contributed by atoms with Crippen molar-refractivity contribution in [2.24, 2.45) is 0 Å². The van der Waals surface area contributed by atoms with Gasteiger partial charge in [-0.05, 0) is 66.4 Å². The van der Waals surface area contributed by atoms with Gasteiger partial charge in [-0.3, -0.25) is 14.6 Å². The summed E-state index contributed by atoms with van der Waals surface area (Å²) >= 11 is 0. The summed E-state index contributed by atoms with van der Waals surface area (Å²) in [7, 11) is 3.04. The number of carbonyl (C=O) groups excluding carboxylic acids is 2. The van der Waals surface area contributed by atoms with E-state index in [-0.39, 0.29) is 17.9 Å². The number of hydrogen-bond donors (Lipinski definition) is 1. The lowest BCUT2D eigenvalue weighted by Crippen LogP contribution is -2.29. The highest BCUT2D eigenvalue weighted by Crippen LogP contribution is 2.43. The molecule has 2 heterocycles. The number of Topliss-reactive ketones (excluding diaryl/α,β-unsaturated/α-hetero) is 1. The fraction of sp³-hybridized carbons (Fsp3) is 0.276. The molecule has 1 saturated heterocycles. The standard InChI is InChI=1S/C29H30N2O6/c1-5-13-37-22-10-9-21(14-18(22)2)27(32)25-26(20-8-11-23(35-3)24(15-20)36-4)31(29(34)28(25)33)17-19-7-6-12-30-16-19/h6-12,14-16,26,32H,5,13,17H2,1-4H3/t26-/m0/s1. The number of methoxy groups -OCH3 is 2. The van der Waals surface area contributed by atoms with Gasteiger partial charge in [-0.25, -0.2) is 0 Å². The van der Waals surface area contributed by atoms with Crippen molar-refractivity contribution in [1.29, 1.82) is 0 Å². The Hall–Kier alpha value is -4.33. The SMILES string of the molecule is CCCOc1ccc(C(O)=C2C(=O)C(=O)N(Cc3cccnc3)[C@H]2c2ccc(OC)c(OC)c2)cc1C. The second-order valence-corrected chi connectivity index (χ2v) is 8.73. The van der Waals surface area contributed by atoms with E-state index in [9.17, 15) is 14.7 Å². The summed E-state index contributed by atoms with van der Waals surface area (Å²) in [5.41, 5.74) is 2.59. The number of ketones is 1. The fourth-order valence-corrected chi connectivity index (χ4v) is 4.43. The van der Waals surface area contributed by atoms with Crippen LogP contribution in [0.4, 0.5) is 0 Å². The van der Waals surface area contributed by atoms with Gasteiger partial charge in [-0.1, -0.05) is 19.1 Å². The Bertz CT molecular complexity index is 1340. The van der Waals surface area contributed by atoms with E-state index in [1.165, 1.54) is 19.1 Å². The summed E-state index contributed by atoms with van der Waals surface area (Å²) in [5.74, 6) is -0.0623. The molecule has 8 heteroatoms. The molecule has 1 aromatic heterocycles. The van der Waals surface area contributed by atoms with E-state index in [4.69, 9.17) is 14.2 Å². The molecule has 0 saturated carbocycles. The molecule has 0 aliphatic carbocycles. The van der Waals surface area contributed by atoms with Gasteiger partial charge >= 0.3 is 0 Å². The first kappa shape index (κ1) is 25.8. The second kappa shape index (κ2) is 11.2. The maximum Gasteiger partial charge on any atom is 0.295 e.